The van der Waals surface area contributed by atoms with Gasteiger partial charge in [0.2, 0.25) is 0 Å². The zero-order valence-corrected chi connectivity index (χ0v) is 18.3. The van der Waals surface area contributed by atoms with Crippen molar-refractivity contribution < 1.29 is 13.9 Å². The normalized spacial score (nSPS) is 11.0. The molecule has 32 heavy (non-hydrogen) atoms. The summed E-state index contributed by atoms with van der Waals surface area (Å²) in [6.45, 7) is 2.67. The van der Waals surface area contributed by atoms with Crippen LogP contribution in [0, 0.1) is 5.82 Å². The smallest absolute Gasteiger partial charge is 0.252 e. The molecule has 0 aliphatic carbocycles. The average Bonchev–Trinajstić information content (AvgIpc) is 3.24. The molecular weight excluding hydrogens is 405 g/mol. The molecule has 0 atom stereocenters. The van der Waals surface area contributed by atoms with Crippen molar-refractivity contribution in [2.24, 2.45) is 0 Å². The molecule has 0 saturated carbocycles. The molecule has 0 spiro atoms. The van der Waals surface area contributed by atoms with Crippen LogP contribution in [0.15, 0.2) is 66.9 Å². The summed E-state index contributed by atoms with van der Waals surface area (Å²) in [5.41, 5.74) is 4.45. The van der Waals surface area contributed by atoms with Gasteiger partial charge in [-0.05, 0) is 66.4 Å². The third-order valence-corrected chi connectivity index (χ3v) is 5.49. The molecule has 0 aliphatic rings. The number of halogens is 1. The highest BCUT2D eigenvalue weighted by Crippen LogP contribution is 2.23. The number of carbonyl (C=O) groups excluding carboxylic acids is 1. The van der Waals surface area contributed by atoms with Gasteiger partial charge in [-0.1, -0.05) is 31.5 Å². The van der Waals surface area contributed by atoms with E-state index in [9.17, 15) is 9.18 Å². The van der Waals surface area contributed by atoms with E-state index >= 15 is 0 Å². The minimum Gasteiger partial charge on any atom is -0.496 e. The second-order valence-corrected chi connectivity index (χ2v) is 7.67. The van der Waals surface area contributed by atoms with Crippen LogP contribution in [0.1, 0.15) is 34.8 Å². The van der Waals surface area contributed by atoms with Crippen molar-refractivity contribution in [3.05, 3.63) is 89.4 Å². The molecule has 1 amide bonds. The van der Waals surface area contributed by atoms with E-state index in [0.717, 1.165) is 47.2 Å². The van der Waals surface area contributed by atoms with Gasteiger partial charge in [-0.2, -0.15) is 5.10 Å². The summed E-state index contributed by atoms with van der Waals surface area (Å²) in [5, 5.41) is 8.19. The number of amides is 1. The van der Waals surface area contributed by atoms with Gasteiger partial charge in [-0.15, -0.1) is 0 Å². The van der Waals surface area contributed by atoms with Crippen LogP contribution in [0.2, 0.25) is 0 Å². The minimum atomic E-state index is -0.302. The highest BCUT2D eigenvalue weighted by molar-refractivity contribution is 6.06. The molecule has 4 aromatic rings. The first kappa shape index (κ1) is 21.6. The van der Waals surface area contributed by atoms with E-state index < -0.39 is 0 Å². The summed E-state index contributed by atoms with van der Waals surface area (Å²) in [5.74, 6) is 0.463. The Morgan fingerprint density at radius 1 is 1.09 bits per heavy atom. The summed E-state index contributed by atoms with van der Waals surface area (Å²) in [6, 6.07) is 17.8. The number of nitrogens with zero attached hydrogens (tertiary/aromatic N) is 2. The molecular formula is C26H26FN3O2. The van der Waals surface area contributed by atoms with Crippen molar-refractivity contribution in [1.82, 2.24) is 15.1 Å². The van der Waals surface area contributed by atoms with Crippen molar-refractivity contribution in [3.8, 4) is 11.4 Å². The number of carbonyl (C=O) groups is 1. The van der Waals surface area contributed by atoms with Gasteiger partial charge >= 0.3 is 0 Å². The van der Waals surface area contributed by atoms with Gasteiger partial charge in [-0.3, -0.25) is 4.79 Å². The number of aromatic nitrogens is 2. The largest absolute Gasteiger partial charge is 0.496 e. The number of benzene rings is 3. The standard InChI is InChI=1S/C26H26FN3O2/c1-3-5-19-16-18(8-13-25(19)32-2)14-15-28-26(31)22-6-4-7-24-23(22)17-29-30(24)21-11-9-20(27)10-12-21/h4,6-13,16-17H,3,5,14-15H2,1-2H3,(H,28,31). The fraction of sp³-hybridized carbons (Fsp3) is 0.231. The lowest BCUT2D eigenvalue weighted by Crippen LogP contribution is -2.25. The Morgan fingerprint density at radius 3 is 2.66 bits per heavy atom. The van der Waals surface area contributed by atoms with Gasteiger partial charge in [0, 0.05) is 11.9 Å². The molecule has 1 N–H and O–H groups in total. The van der Waals surface area contributed by atoms with Crippen molar-refractivity contribution >= 4 is 16.8 Å². The molecule has 0 aliphatic heterocycles. The second kappa shape index (κ2) is 9.64. The molecule has 0 radical (unpaired) electrons. The quantitative estimate of drug-likeness (QED) is 0.422. The van der Waals surface area contributed by atoms with Gasteiger partial charge in [-0.25, -0.2) is 9.07 Å². The Bertz CT molecular complexity index is 1230. The van der Waals surface area contributed by atoms with E-state index in [-0.39, 0.29) is 11.7 Å². The number of nitrogens with one attached hydrogen (secondary N) is 1. The molecule has 1 heterocycles. The van der Waals surface area contributed by atoms with Crippen LogP contribution >= 0.6 is 0 Å². The zero-order valence-electron chi connectivity index (χ0n) is 18.3. The number of hydrogen-bond donors (Lipinski definition) is 1. The highest BCUT2D eigenvalue weighted by Gasteiger charge is 2.14. The summed E-state index contributed by atoms with van der Waals surface area (Å²) < 4.78 is 20.4. The first-order valence-electron chi connectivity index (χ1n) is 10.8. The summed E-state index contributed by atoms with van der Waals surface area (Å²) >= 11 is 0. The van der Waals surface area contributed by atoms with Crippen molar-refractivity contribution in [3.63, 3.8) is 0 Å². The number of hydrogen-bond acceptors (Lipinski definition) is 3. The van der Waals surface area contributed by atoms with E-state index in [1.165, 1.54) is 17.7 Å². The van der Waals surface area contributed by atoms with Gasteiger partial charge in [0.25, 0.3) is 5.91 Å². The third-order valence-electron chi connectivity index (χ3n) is 5.49. The van der Waals surface area contributed by atoms with E-state index in [0.29, 0.717) is 12.1 Å². The number of ether oxygens (including phenoxy) is 1. The molecule has 0 bridgehead atoms. The molecule has 4 rings (SSSR count). The van der Waals surface area contributed by atoms with Crippen LogP contribution in [0.5, 0.6) is 5.75 Å². The Morgan fingerprint density at radius 2 is 1.91 bits per heavy atom. The molecule has 5 nitrogen and oxygen atoms in total. The number of methoxy groups -OCH3 is 1. The number of fused-ring (bicyclic) bond motifs is 1. The summed E-state index contributed by atoms with van der Waals surface area (Å²) in [7, 11) is 1.69. The maximum atomic E-state index is 13.3. The van der Waals surface area contributed by atoms with Crippen LogP contribution in [0.3, 0.4) is 0 Å². The van der Waals surface area contributed by atoms with Crippen LogP contribution in [-0.4, -0.2) is 29.3 Å². The first-order valence-corrected chi connectivity index (χ1v) is 10.8. The molecule has 1 aromatic heterocycles. The molecule has 0 saturated heterocycles. The van der Waals surface area contributed by atoms with E-state index in [4.69, 9.17) is 4.74 Å². The maximum absolute atomic E-state index is 13.3. The minimum absolute atomic E-state index is 0.142. The van der Waals surface area contributed by atoms with E-state index in [1.54, 1.807) is 36.2 Å². The lowest BCUT2D eigenvalue weighted by Gasteiger charge is -2.11. The SMILES string of the molecule is CCCc1cc(CCNC(=O)c2cccc3c2cnn3-c2ccc(F)cc2)ccc1OC. The van der Waals surface area contributed by atoms with Gasteiger partial charge in [0.15, 0.2) is 0 Å². The highest BCUT2D eigenvalue weighted by atomic mass is 19.1. The Kier molecular flexibility index (Phi) is 6.50. The lowest BCUT2D eigenvalue weighted by atomic mass is 10.0. The Labute approximate surface area is 186 Å². The Hall–Kier alpha value is -3.67. The Balaban J connectivity index is 1.48. The van der Waals surface area contributed by atoms with Gasteiger partial charge in [0.05, 0.1) is 30.1 Å². The summed E-state index contributed by atoms with van der Waals surface area (Å²) in [6.07, 6.45) is 4.42. The second-order valence-electron chi connectivity index (χ2n) is 7.67. The fourth-order valence-electron chi connectivity index (χ4n) is 3.90. The number of aryl methyl sites for hydroxylation is 1. The maximum Gasteiger partial charge on any atom is 0.252 e. The van der Waals surface area contributed by atoms with Crippen LogP contribution in [0.4, 0.5) is 4.39 Å². The molecule has 0 fully saturated rings. The molecule has 164 valence electrons. The van der Waals surface area contributed by atoms with Crippen LogP contribution < -0.4 is 10.1 Å². The molecule has 0 unspecified atom stereocenters. The summed E-state index contributed by atoms with van der Waals surface area (Å²) in [4.78, 5) is 12.9. The monoisotopic (exact) mass is 431 g/mol. The van der Waals surface area contributed by atoms with Crippen LogP contribution in [-0.2, 0) is 12.8 Å². The predicted octanol–water partition coefficient (Wildman–Crippen LogP) is 5.10. The molecule has 6 heteroatoms. The topological polar surface area (TPSA) is 56.2 Å². The lowest BCUT2D eigenvalue weighted by molar-refractivity contribution is 0.0956. The van der Waals surface area contributed by atoms with E-state index in [2.05, 4.69) is 23.4 Å². The number of rotatable bonds is 8. The fourth-order valence-corrected chi connectivity index (χ4v) is 3.90. The zero-order chi connectivity index (χ0) is 22.5. The van der Waals surface area contributed by atoms with Crippen molar-refractivity contribution in [2.75, 3.05) is 13.7 Å². The van der Waals surface area contributed by atoms with Crippen molar-refractivity contribution in [2.45, 2.75) is 26.2 Å². The molecule has 3 aromatic carbocycles. The predicted molar refractivity (Wildman–Crippen MR) is 124 cm³/mol. The van der Waals surface area contributed by atoms with Crippen LogP contribution in [0.25, 0.3) is 16.6 Å². The van der Waals surface area contributed by atoms with E-state index in [1.807, 2.05) is 24.3 Å². The van der Waals surface area contributed by atoms with Gasteiger partial charge < -0.3 is 10.1 Å². The van der Waals surface area contributed by atoms with Crippen molar-refractivity contribution in [1.29, 1.82) is 0 Å². The first-order chi connectivity index (χ1) is 15.6. The third kappa shape index (κ3) is 4.49. The van der Waals surface area contributed by atoms with Gasteiger partial charge in [0.1, 0.15) is 11.6 Å². The average molecular weight is 432 g/mol.